The molecular weight excluding hydrogens is 352 g/mol. The molecule has 0 aliphatic rings. The quantitative estimate of drug-likeness (QED) is 0.803. The first-order chi connectivity index (χ1) is 8.56. The van der Waals surface area contributed by atoms with E-state index in [0.717, 1.165) is 0 Å². The molecule has 1 aromatic heterocycles. The third kappa shape index (κ3) is 2.92. The first-order valence-electron chi connectivity index (χ1n) is 4.88. The fourth-order valence-electron chi connectivity index (χ4n) is 1.25. The molecule has 0 saturated carbocycles. The van der Waals surface area contributed by atoms with Gasteiger partial charge in [-0.05, 0) is 46.9 Å². The summed E-state index contributed by atoms with van der Waals surface area (Å²) in [5.41, 5.74) is 0.174. The van der Waals surface area contributed by atoms with Gasteiger partial charge < -0.3 is 5.32 Å². The molecule has 18 heavy (non-hydrogen) atoms. The maximum atomic E-state index is 12.9. The number of amides is 1. The number of halogens is 2. The number of rotatable bonds is 2. The number of aromatic nitrogens is 2. The number of nitrogens with zero attached hydrogens (tertiary/aromatic N) is 1. The van der Waals surface area contributed by atoms with Crippen LogP contribution in [0.3, 0.4) is 0 Å². The number of hydrogen-bond donors (Lipinski definition) is 2. The lowest BCUT2D eigenvalue weighted by molar-refractivity contribution is 0.102. The zero-order chi connectivity index (χ0) is 13.1. The van der Waals surface area contributed by atoms with Crippen molar-refractivity contribution >= 4 is 34.2 Å². The number of anilines is 1. The largest absolute Gasteiger partial charge is 0.320 e. The molecule has 0 atom stereocenters. The number of carbonyl (C=O) groups is 1. The Bertz CT molecular complexity index is 636. The van der Waals surface area contributed by atoms with Crippen molar-refractivity contribution < 1.29 is 9.18 Å². The molecule has 0 saturated heterocycles. The monoisotopic (exact) mass is 359 g/mol. The van der Waals surface area contributed by atoms with Crippen LogP contribution in [-0.2, 0) is 0 Å². The molecular formula is C11H7FIN3O2. The molecule has 5 nitrogen and oxygen atoms in total. The van der Waals surface area contributed by atoms with Crippen molar-refractivity contribution in [1.29, 1.82) is 0 Å². The molecule has 2 aromatic rings. The third-order valence-corrected chi connectivity index (χ3v) is 2.98. The summed E-state index contributed by atoms with van der Waals surface area (Å²) in [5, 5.41) is 8.33. The summed E-state index contributed by atoms with van der Waals surface area (Å²) < 4.78 is 13.5. The van der Waals surface area contributed by atoms with E-state index in [4.69, 9.17) is 0 Å². The Balaban J connectivity index is 2.21. The second-order valence-electron chi connectivity index (χ2n) is 3.38. The maximum Gasteiger partial charge on any atom is 0.276 e. The average molecular weight is 359 g/mol. The molecule has 0 bridgehead atoms. The zero-order valence-corrected chi connectivity index (χ0v) is 11.1. The summed E-state index contributed by atoms with van der Waals surface area (Å²) in [5.74, 6) is -0.852. The van der Waals surface area contributed by atoms with Crippen molar-refractivity contribution in [3.63, 3.8) is 0 Å². The van der Waals surface area contributed by atoms with E-state index in [9.17, 15) is 14.0 Å². The van der Waals surface area contributed by atoms with Crippen molar-refractivity contribution in [1.82, 2.24) is 10.2 Å². The highest BCUT2D eigenvalue weighted by atomic mass is 127. The summed E-state index contributed by atoms with van der Waals surface area (Å²) in [6, 6.07) is 6.53. The van der Waals surface area contributed by atoms with Crippen LogP contribution in [-0.4, -0.2) is 16.1 Å². The van der Waals surface area contributed by atoms with Gasteiger partial charge in [0, 0.05) is 9.64 Å². The lowest BCUT2D eigenvalue weighted by Crippen LogP contribution is -2.18. The standard InChI is InChI=1S/C11H7FIN3O2/c12-6-1-2-8(7(13)5-6)14-11(18)9-3-4-10(17)16-15-9/h1-5H,(H,14,18)(H,16,17). The Labute approximate surface area is 115 Å². The van der Waals surface area contributed by atoms with E-state index in [0.29, 0.717) is 9.26 Å². The normalized spacial score (nSPS) is 10.1. The van der Waals surface area contributed by atoms with Gasteiger partial charge in [-0.3, -0.25) is 9.59 Å². The highest BCUT2D eigenvalue weighted by Crippen LogP contribution is 2.19. The predicted molar refractivity (Wildman–Crippen MR) is 71.9 cm³/mol. The van der Waals surface area contributed by atoms with Crippen LogP contribution in [0.25, 0.3) is 0 Å². The summed E-state index contributed by atoms with van der Waals surface area (Å²) >= 11 is 1.91. The second kappa shape index (κ2) is 5.25. The van der Waals surface area contributed by atoms with Gasteiger partial charge in [-0.2, -0.15) is 5.10 Å². The van der Waals surface area contributed by atoms with Gasteiger partial charge in [0.05, 0.1) is 5.69 Å². The molecule has 2 rings (SSSR count). The van der Waals surface area contributed by atoms with Crippen LogP contribution >= 0.6 is 22.6 Å². The van der Waals surface area contributed by atoms with Crippen molar-refractivity contribution in [2.75, 3.05) is 5.32 Å². The Morgan fingerprint density at radius 3 is 2.72 bits per heavy atom. The van der Waals surface area contributed by atoms with Crippen LogP contribution in [0.1, 0.15) is 10.5 Å². The number of carbonyl (C=O) groups excluding carboxylic acids is 1. The smallest absolute Gasteiger partial charge is 0.276 e. The number of aromatic amines is 1. The Kier molecular flexibility index (Phi) is 3.70. The molecule has 7 heteroatoms. The number of H-pyrrole nitrogens is 1. The molecule has 92 valence electrons. The average Bonchev–Trinajstić information content (AvgIpc) is 2.33. The van der Waals surface area contributed by atoms with E-state index < -0.39 is 5.91 Å². The van der Waals surface area contributed by atoms with Gasteiger partial charge in [-0.1, -0.05) is 0 Å². The topological polar surface area (TPSA) is 74.8 Å². The SMILES string of the molecule is O=C(Nc1ccc(F)cc1I)c1ccc(=O)[nH]n1. The van der Waals surface area contributed by atoms with Crippen LogP contribution in [0.15, 0.2) is 35.1 Å². The maximum absolute atomic E-state index is 12.9. The molecule has 0 unspecified atom stereocenters. The van der Waals surface area contributed by atoms with Crippen LogP contribution in [0.4, 0.5) is 10.1 Å². The summed E-state index contributed by atoms with van der Waals surface area (Å²) in [4.78, 5) is 22.6. The van der Waals surface area contributed by atoms with Gasteiger partial charge >= 0.3 is 0 Å². The lowest BCUT2D eigenvalue weighted by Gasteiger charge is -2.06. The first kappa shape index (κ1) is 12.7. The van der Waals surface area contributed by atoms with Gasteiger partial charge in [0.1, 0.15) is 11.5 Å². The molecule has 1 aromatic carbocycles. The van der Waals surface area contributed by atoms with Crippen LogP contribution in [0.5, 0.6) is 0 Å². The van der Waals surface area contributed by atoms with Crippen molar-refractivity contribution in [3.8, 4) is 0 Å². The summed E-state index contributed by atoms with van der Waals surface area (Å²) in [6.07, 6.45) is 0. The van der Waals surface area contributed by atoms with E-state index in [1.807, 2.05) is 22.6 Å². The van der Waals surface area contributed by atoms with E-state index >= 15 is 0 Å². The molecule has 0 spiro atoms. The lowest BCUT2D eigenvalue weighted by atomic mass is 10.3. The predicted octanol–water partition coefficient (Wildman–Crippen LogP) is 1.77. The van der Waals surface area contributed by atoms with Gasteiger partial charge in [-0.25, -0.2) is 9.49 Å². The van der Waals surface area contributed by atoms with Crippen LogP contribution in [0.2, 0.25) is 0 Å². The van der Waals surface area contributed by atoms with Gasteiger partial charge in [-0.15, -0.1) is 0 Å². The minimum Gasteiger partial charge on any atom is -0.320 e. The van der Waals surface area contributed by atoms with Crippen LogP contribution in [0, 0.1) is 9.39 Å². The molecule has 1 amide bonds. The second-order valence-corrected chi connectivity index (χ2v) is 4.55. The molecule has 0 radical (unpaired) electrons. The minimum absolute atomic E-state index is 0.0784. The van der Waals surface area contributed by atoms with E-state index in [1.165, 1.54) is 30.3 Å². The Morgan fingerprint density at radius 2 is 2.11 bits per heavy atom. The number of nitrogens with one attached hydrogen (secondary N) is 2. The fraction of sp³-hybridized carbons (Fsp3) is 0. The Hall–Kier alpha value is -1.77. The fourth-order valence-corrected chi connectivity index (χ4v) is 1.86. The van der Waals surface area contributed by atoms with Crippen molar-refractivity contribution in [2.24, 2.45) is 0 Å². The van der Waals surface area contributed by atoms with E-state index in [1.54, 1.807) is 0 Å². The van der Waals surface area contributed by atoms with Crippen molar-refractivity contribution in [3.05, 3.63) is 55.8 Å². The highest BCUT2D eigenvalue weighted by Gasteiger charge is 2.10. The van der Waals surface area contributed by atoms with Gasteiger partial charge in [0.2, 0.25) is 0 Å². The molecule has 0 aliphatic carbocycles. The molecule has 0 fully saturated rings. The van der Waals surface area contributed by atoms with Gasteiger partial charge in [0.25, 0.3) is 11.5 Å². The summed E-state index contributed by atoms with van der Waals surface area (Å²) in [7, 11) is 0. The zero-order valence-electron chi connectivity index (χ0n) is 8.91. The number of benzene rings is 1. The first-order valence-corrected chi connectivity index (χ1v) is 5.96. The molecule has 0 aliphatic heterocycles. The van der Waals surface area contributed by atoms with Crippen LogP contribution < -0.4 is 10.9 Å². The van der Waals surface area contributed by atoms with E-state index in [2.05, 4.69) is 15.5 Å². The highest BCUT2D eigenvalue weighted by molar-refractivity contribution is 14.1. The van der Waals surface area contributed by atoms with Crippen molar-refractivity contribution in [2.45, 2.75) is 0 Å². The molecule has 2 N–H and O–H groups in total. The van der Waals surface area contributed by atoms with E-state index in [-0.39, 0.29) is 17.1 Å². The molecule has 1 heterocycles. The Morgan fingerprint density at radius 1 is 1.33 bits per heavy atom. The number of hydrogen-bond acceptors (Lipinski definition) is 3. The summed E-state index contributed by atoms with van der Waals surface area (Å²) in [6.45, 7) is 0. The minimum atomic E-state index is -0.476. The van der Waals surface area contributed by atoms with Gasteiger partial charge in [0.15, 0.2) is 0 Å². The third-order valence-electron chi connectivity index (χ3n) is 2.09.